The fraction of sp³-hybridized carbons (Fsp3) is 0.176. The van der Waals surface area contributed by atoms with Gasteiger partial charge < -0.3 is 4.74 Å². The van der Waals surface area contributed by atoms with Crippen LogP contribution < -0.4 is 4.42 Å². The van der Waals surface area contributed by atoms with Crippen LogP contribution in [0.15, 0.2) is 42.5 Å². The Morgan fingerprint density at radius 3 is 2.50 bits per heavy atom. The lowest BCUT2D eigenvalue weighted by Crippen LogP contribution is -2.54. The summed E-state index contributed by atoms with van der Waals surface area (Å²) in [7, 11) is 0. The Bertz CT molecular complexity index is 986. The first-order valence-electron chi connectivity index (χ1n) is 7.83. The van der Waals surface area contributed by atoms with Gasteiger partial charge in [0.25, 0.3) is 11.6 Å². The van der Waals surface area contributed by atoms with Crippen LogP contribution in [0.3, 0.4) is 0 Å². The molecule has 146 valence electrons. The summed E-state index contributed by atoms with van der Waals surface area (Å²) in [6.07, 6.45) is 0. The average Bonchev–Trinajstić information content (AvgIpc) is 2.71. The lowest BCUT2D eigenvalue weighted by atomic mass is 9.92. The first-order chi connectivity index (χ1) is 13.2. The van der Waals surface area contributed by atoms with E-state index in [1.165, 1.54) is 30.3 Å². The lowest BCUT2D eigenvalue weighted by Gasteiger charge is -2.37. The molecule has 8 nitrogen and oxygen atoms in total. The molecule has 0 saturated heterocycles. The van der Waals surface area contributed by atoms with Crippen molar-refractivity contribution in [2.24, 2.45) is 0 Å². The summed E-state index contributed by atoms with van der Waals surface area (Å²) in [5, 5.41) is 11.9. The third-order valence-electron chi connectivity index (χ3n) is 4.13. The van der Waals surface area contributed by atoms with Crippen molar-refractivity contribution < 1.29 is 19.4 Å². The van der Waals surface area contributed by atoms with Crippen molar-refractivity contribution in [3.05, 3.63) is 73.8 Å². The number of anilines is 1. The zero-order chi connectivity index (χ0) is 20.6. The van der Waals surface area contributed by atoms with Crippen molar-refractivity contribution in [3.63, 3.8) is 0 Å². The Labute approximate surface area is 174 Å². The molecule has 1 aliphatic heterocycles. The highest BCUT2D eigenvalue weighted by Crippen LogP contribution is 2.47. The molecule has 0 aliphatic carbocycles. The van der Waals surface area contributed by atoms with Crippen LogP contribution in [0.5, 0.6) is 0 Å². The molecule has 0 fully saturated rings. The van der Waals surface area contributed by atoms with E-state index in [-0.39, 0.29) is 26.9 Å². The van der Waals surface area contributed by atoms with Crippen LogP contribution in [-0.4, -0.2) is 28.5 Å². The SMILES string of the molecule is CC(=O)OC1(c2ccccc2Cl)c2cc(Cl)ccc2N(Cl)C(=O)CN1[N+](=O)[O-]. The number of hydrogen-bond donors (Lipinski definition) is 0. The second kappa shape index (κ2) is 7.46. The van der Waals surface area contributed by atoms with Crippen LogP contribution in [-0.2, 0) is 20.1 Å². The normalized spacial score (nSPS) is 19.1. The summed E-state index contributed by atoms with van der Waals surface area (Å²) in [5.41, 5.74) is -2.03. The summed E-state index contributed by atoms with van der Waals surface area (Å²) in [6, 6.07) is 10.3. The zero-order valence-electron chi connectivity index (χ0n) is 14.3. The molecule has 2 aromatic carbocycles. The van der Waals surface area contributed by atoms with E-state index >= 15 is 0 Å². The second-order valence-corrected chi connectivity index (χ2v) is 7.03. The van der Waals surface area contributed by atoms with E-state index in [1.807, 2.05) is 0 Å². The number of amides is 1. The van der Waals surface area contributed by atoms with E-state index in [1.54, 1.807) is 12.1 Å². The second-order valence-electron chi connectivity index (χ2n) is 5.85. The molecule has 2 aromatic rings. The van der Waals surface area contributed by atoms with Gasteiger partial charge in [0.1, 0.15) is 0 Å². The first-order valence-corrected chi connectivity index (χ1v) is 8.93. The van der Waals surface area contributed by atoms with Gasteiger partial charge in [-0.2, -0.15) is 0 Å². The molecule has 0 N–H and O–H groups in total. The van der Waals surface area contributed by atoms with Gasteiger partial charge in [-0.15, -0.1) is 0 Å². The van der Waals surface area contributed by atoms with Crippen molar-refractivity contribution in [1.29, 1.82) is 0 Å². The molecule has 3 rings (SSSR count). The number of carbonyl (C=O) groups is 2. The molecule has 1 atom stereocenters. The van der Waals surface area contributed by atoms with Gasteiger partial charge in [-0.05, 0) is 24.3 Å². The van der Waals surface area contributed by atoms with E-state index in [9.17, 15) is 19.7 Å². The summed E-state index contributed by atoms with van der Waals surface area (Å²) in [6.45, 7) is 0.299. The van der Waals surface area contributed by atoms with Crippen molar-refractivity contribution in [2.75, 3.05) is 11.0 Å². The smallest absolute Gasteiger partial charge is 0.305 e. The topological polar surface area (TPSA) is 93.0 Å². The van der Waals surface area contributed by atoms with Gasteiger partial charge >= 0.3 is 5.97 Å². The third-order valence-corrected chi connectivity index (χ3v) is 5.07. The number of benzene rings is 2. The molecule has 0 spiro atoms. The van der Waals surface area contributed by atoms with Crippen LogP contribution in [0, 0.1) is 10.1 Å². The molecule has 1 unspecified atom stereocenters. The number of hydrogen-bond acceptors (Lipinski definition) is 5. The minimum Gasteiger partial charge on any atom is -0.425 e. The van der Waals surface area contributed by atoms with Crippen LogP contribution >= 0.6 is 35.0 Å². The maximum absolute atomic E-state index is 12.5. The van der Waals surface area contributed by atoms with Gasteiger partial charge in [-0.3, -0.25) is 9.59 Å². The molecule has 0 saturated carbocycles. The Morgan fingerprint density at radius 1 is 1.21 bits per heavy atom. The monoisotopic (exact) mass is 443 g/mol. The molecule has 1 amide bonds. The predicted octanol–water partition coefficient (Wildman–Crippen LogP) is 3.75. The van der Waals surface area contributed by atoms with Crippen LogP contribution in [0.1, 0.15) is 18.1 Å². The molecule has 11 heteroatoms. The fourth-order valence-electron chi connectivity index (χ4n) is 3.09. The van der Waals surface area contributed by atoms with Crippen molar-refractivity contribution in [3.8, 4) is 0 Å². The number of fused-ring (bicyclic) bond motifs is 1. The Balaban J connectivity index is 2.50. The largest absolute Gasteiger partial charge is 0.425 e. The molecule has 1 heterocycles. The number of nitro groups is 1. The van der Waals surface area contributed by atoms with Gasteiger partial charge in [0.05, 0.1) is 16.3 Å². The fourth-order valence-corrected chi connectivity index (χ4v) is 3.73. The summed E-state index contributed by atoms with van der Waals surface area (Å²) >= 11 is 18.6. The van der Waals surface area contributed by atoms with Gasteiger partial charge in [0.2, 0.25) is 0 Å². The van der Waals surface area contributed by atoms with E-state index in [0.29, 0.717) is 5.01 Å². The van der Waals surface area contributed by atoms with E-state index in [0.717, 1.165) is 11.3 Å². The minimum atomic E-state index is -2.19. The van der Waals surface area contributed by atoms with Crippen molar-refractivity contribution >= 4 is 52.5 Å². The highest BCUT2D eigenvalue weighted by atomic mass is 35.5. The van der Waals surface area contributed by atoms with Crippen molar-refractivity contribution in [2.45, 2.75) is 12.6 Å². The van der Waals surface area contributed by atoms with E-state index in [4.69, 9.17) is 39.7 Å². The zero-order valence-corrected chi connectivity index (χ0v) is 16.5. The average molecular weight is 445 g/mol. The predicted molar refractivity (Wildman–Crippen MR) is 102 cm³/mol. The molecule has 0 radical (unpaired) electrons. The third kappa shape index (κ3) is 3.23. The first kappa shape index (κ1) is 20.2. The number of hydrazine groups is 1. The molecule has 0 aromatic heterocycles. The molecular weight excluding hydrogens is 433 g/mol. The summed E-state index contributed by atoms with van der Waals surface area (Å²) in [5.74, 6) is -1.64. The van der Waals surface area contributed by atoms with Crippen molar-refractivity contribution in [1.82, 2.24) is 5.01 Å². The van der Waals surface area contributed by atoms with Crippen LogP contribution in [0.4, 0.5) is 5.69 Å². The number of carbonyl (C=O) groups excluding carboxylic acids is 2. The number of esters is 1. The highest BCUT2D eigenvalue weighted by molar-refractivity contribution is 6.37. The standard InChI is InChI=1S/C17H12Cl3N3O5/c1-10(24)28-17(12-4-2-3-5-14(12)19)13-8-11(18)6-7-15(13)22(20)16(25)9-21(17)23(26)27/h2-8H,9H2,1H3. The van der Waals surface area contributed by atoms with Gasteiger partial charge in [-0.1, -0.05) is 46.4 Å². The van der Waals surface area contributed by atoms with E-state index in [2.05, 4.69) is 0 Å². The number of halogens is 3. The molecule has 0 bridgehead atoms. The molecular formula is C17H12Cl3N3O5. The van der Waals surface area contributed by atoms with Gasteiger partial charge in [0, 0.05) is 29.3 Å². The lowest BCUT2D eigenvalue weighted by molar-refractivity contribution is -0.684. The maximum Gasteiger partial charge on any atom is 0.305 e. The summed E-state index contributed by atoms with van der Waals surface area (Å²) < 4.78 is 6.27. The Kier molecular flexibility index (Phi) is 5.38. The molecule has 28 heavy (non-hydrogen) atoms. The van der Waals surface area contributed by atoms with E-state index < -0.39 is 29.2 Å². The molecule has 1 aliphatic rings. The minimum absolute atomic E-state index is 0.0147. The Hall–Kier alpha value is -2.55. The highest BCUT2D eigenvalue weighted by Gasteiger charge is 2.56. The summed E-state index contributed by atoms with van der Waals surface area (Å²) in [4.78, 5) is 36.6. The van der Waals surface area contributed by atoms with Crippen LogP contribution in [0.25, 0.3) is 0 Å². The van der Waals surface area contributed by atoms with Gasteiger partial charge in [-0.25, -0.2) is 14.5 Å². The van der Waals surface area contributed by atoms with Gasteiger partial charge in [0.15, 0.2) is 11.6 Å². The Morgan fingerprint density at radius 2 is 1.89 bits per heavy atom. The quantitative estimate of drug-likeness (QED) is 0.310. The number of ether oxygens (including phenoxy) is 1. The number of rotatable bonds is 3. The maximum atomic E-state index is 12.5. The van der Waals surface area contributed by atoms with Crippen LogP contribution in [0.2, 0.25) is 10.0 Å². The number of nitrogens with zero attached hydrogens (tertiary/aromatic N) is 3.